The molecule has 0 fully saturated rings. The normalized spacial score (nSPS) is 13.2. The van der Waals surface area contributed by atoms with Gasteiger partial charge in [0, 0.05) is 20.7 Å². The predicted molar refractivity (Wildman–Crippen MR) is 108 cm³/mol. The fraction of sp³-hybridized carbons (Fsp3) is 0.722. The minimum atomic E-state index is -4.87. The Balaban J connectivity index is 2.81. The van der Waals surface area contributed by atoms with Crippen molar-refractivity contribution in [2.24, 2.45) is 0 Å². The lowest BCUT2D eigenvalue weighted by Gasteiger charge is -2.20. The summed E-state index contributed by atoms with van der Waals surface area (Å²) in [5.41, 5.74) is -3.05. The van der Waals surface area contributed by atoms with E-state index in [1.165, 1.54) is 7.11 Å². The molecule has 1 heterocycles. The molecule has 0 aliphatic carbocycles. The number of carbonyl (C=O) groups is 1. The van der Waals surface area contributed by atoms with Crippen LogP contribution < -0.4 is 10.9 Å². The molecule has 0 spiro atoms. The zero-order valence-electron chi connectivity index (χ0n) is 18.0. The number of methoxy groups -OCH3 is 1. The molecule has 30 heavy (non-hydrogen) atoms. The van der Waals surface area contributed by atoms with Crippen molar-refractivity contribution in [2.75, 3.05) is 32.2 Å². The van der Waals surface area contributed by atoms with Crippen LogP contribution in [0.5, 0.6) is 0 Å². The molecule has 0 saturated heterocycles. The second-order valence-electron chi connectivity index (χ2n) is 8.03. The zero-order valence-corrected chi connectivity index (χ0v) is 19.0. The van der Waals surface area contributed by atoms with Gasteiger partial charge in [-0.3, -0.25) is 9.59 Å². The van der Waals surface area contributed by atoms with Gasteiger partial charge in [-0.25, -0.2) is 4.68 Å². The van der Waals surface area contributed by atoms with Gasteiger partial charge >= 0.3 is 12.1 Å². The van der Waals surface area contributed by atoms with Crippen LogP contribution in [0.3, 0.4) is 0 Å². The van der Waals surface area contributed by atoms with E-state index in [0.717, 1.165) is 12.2 Å². The molecule has 0 radical (unpaired) electrons. The van der Waals surface area contributed by atoms with Gasteiger partial charge in [0.1, 0.15) is 12.3 Å². The van der Waals surface area contributed by atoms with Gasteiger partial charge in [-0.1, -0.05) is 19.6 Å². The Morgan fingerprint density at radius 1 is 1.27 bits per heavy atom. The smallest absolute Gasteiger partial charge is 0.423 e. The fourth-order valence-electron chi connectivity index (χ4n) is 2.32. The highest BCUT2D eigenvalue weighted by atomic mass is 28.3. The Labute approximate surface area is 174 Å². The number of anilines is 1. The number of hydrogen-bond acceptors (Lipinski definition) is 7. The highest BCUT2D eigenvalue weighted by molar-refractivity contribution is 6.76. The topological polar surface area (TPSA) is 91.7 Å². The minimum absolute atomic E-state index is 0.0250. The van der Waals surface area contributed by atoms with Crippen LogP contribution in [0.15, 0.2) is 11.0 Å². The molecule has 0 amide bonds. The van der Waals surface area contributed by atoms with Crippen LogP contribution in [-0.4, -0.2) is 56.8 Å². The standard InChI is InChI=1S/C18H30F3N3O5Si/c1-13(11-28-7-6-15(25)27-2)23-14-10-22-24(12-29-8-9-30(3,4)5)17(26)16(14)18(19,20)21/h10,13,23H,6-9,11-12H2,1-5H3. The Morgan fingerprint density at radius 2 is 1.93 bits per heavy atom. The lowest BCUT2D eigenvalue weighted by Crippen LogP contribution is -2.34. The van der Waals surface area contributed by atoms with Gasteiger partial charge < -0.3 is 19.5 Å². The van der Waals surface area contributed by atoms with Crippen molar-refractivity contribution < 1.29 is 32.2 Å². The highest BCUT2D eigenvalue weighted by Gasteiger charge is 2.38. The fourth-order valence-corrected chi connectivity index (χ4v) is 3.07. The Bertz CT molecular complexity index is 750. The van der Waals surface area contributed by atoms with Crippen molar-refractivity contribution in [1.82, 2.24) is 9.78 Å². The average molecular weight is 454 g/mol. The molecule has 8 nitrogen and oxygen atoms in total. The third kappa shape index (κ3) is 9.26. The lowest BCUT2D eigenvalue weighted by atomic mass is 10.2. The second-order valence-corrected chi connectivity index (χ2v) is 13.7. The summed E-state index contributed by atoms with van der Waals surface area (Å²) in [5, 5.41) is 6.40. The molecule has 1 atom stereocenters. The number of alkyl halides is 3. The third-order valence-electron chi connectivity index (χ3n) is 3.99. The molecule has 1 unspecified atom stereocenters. The summed E-state index contributed by atoms with van der Waals surface area (Å²) in [5.74, 6) is -0.449. The first kappa shape index (κ1) is 26.1. The molecule has 0 aliphatic rings. The number of hydrogen-bond donors (Lipinski definition) is 1. The SMILES string of the molecule is COC(=O)CCOCC(C)Nc1cnn(COCC[Si](C)(C)C)c(=O)c1C(F)(F)F. The monoisotopic (exact) mass is 453 g/mol. The molecule has 0 aromatic carbocycles. The summed E-state index contributed by atoms with van der Waals surface area (Å²) >= 11 is 0. The van der Waals surface area contributed by atoms with Gasteiger partial charge in [0.25, 0.3) is 5.56 Å². The number of nitrogens with one attached hydrogen (secondary N) is 1. The van der Waals surface area contributed by atoms with Crippen LogP contribution >= 0.6 is 0 Å². The molecule has 1 rings (SSSR count). The molecule has 1 aromatic rings. The van der Waals surface area contributed by atoms with E-state index in [1.54, 1.807) is 6.92 Å². The number of nitrogens with zero attached hydrogens (tertiary/aromatic N) is 2. The number of rotatable bonds is 12. The van der Waals surface area contributed by atoms with Crippen LogP contribution in [0.25, 0.3) is 0 Å². The highest BCUT2D eigenvalue weighted by Crippen LogP contribution is 2.32. The van der Waals surface area contributed by atoms with Gasteiger partial charge in [-0.05, 0) is 13.0 Å². The molecular weight excluding hydrogens is 423 g/mol. The molecule has 0 bridgehead atoms. The van der Waals surface area contributed by atoms with Crippen LogP contribution in [0, 0.1) is 0 Å². The summed E-state index contributed by atoms with van der Waals surface area (Å²) in [6.07, 6.45) is -3.88. The molecule has 1 aromatic heterocycles. The second kappa shape index (κ2) is 11.5. The summed E-state index contributed by atoms with van der Waals surface area (Å²) in [7, 11) is -0.112. The maximum absolute atomic E-state index is 13.5. The first-order valence-electron chi connectivity index (χ1n) is 9.51. The molecule has 0 aliphatic heterocycles. The van der Waals surface area contributed by atoms with E-state index < -0.39 is 43.1 Å². The first-order chi connectivity index (χ1) is 13.8. The molecule has 1 N–H and O–H groups in total. The van der Waals surface area contributed by atoms with Crippen molar-refractivity contribution in [3.63, 3.8) is 0 Å². The number of ether oxygens (including phenoxy) is 3. The maximum Gasteiger partial charge on any atom is 0.423 e. The molecular formula is C18H30F3N3O5Si. The summed E-state index contributed by atoms with van der Waals surface area (Å²) < 4.78 is 56.3. The Kier molecular flexibility index (Phi) is 9.98. The van der Waals surface area contributed by atoms with E-state index >= 15 is 0 Å². The number of halogens is 3. The van der Waals surface area contributed by atoms with E-state index in [1.807, 2.05) is 0 Å². The lowest BCUT2D eigenvalue weighted by molar-refractivity contribution is -0.142. The summed E-state index contributed by atoms with van der Waals surface area (Å²) in [4.78, 5) is 23.4. The first-order valence-corrected chi connectivity index (χ1v) is 13.2. The Morgan fingerprint density at radius 3 is 2.50 bits per heavy atom. The van der Waals surface area contributed by atoms with Crippen molar-refractivity contribution in [2.45, 2.75) is 58.0 Å². The predicted octanol–water partition coefficient (Wildman–Crippen LogP) is 2.95. The summed E-state index contributed by atoms with van der Waals surface area (Å²) in [6, 6.07) is 0.259. The molecule has 0 saturated carbocycles. The largest absolute Gasteiger partial charge is 0.469 e. The van der Waals surface area contributed by atoms with Gasteiger partial charge in [-0.15, -0.1) is 0 Å². The summed E-state index contributed by atoms with van der Waals surface area (Å²) in [6.45, 7) is 8.11. The van der Waals surface area contributed by atoms with E-state index in [-0.39, 0.29) is 26.4 Å². The van der Waals surface area contributed by atoms with Crippen molar-refractivity contribution >= 4 is 19.7 Å². The van der Waals surface area contributed by atoms with Crippen molar-refractivity contribution in [3.05, 3.63) is 22.1 Å². The van der Waals surface area contributed by atoms with Gasteiger partial charge in [-0.2, -0.15) is 18.3 Å². The van der Waals surface area contributed by atoms with E-state index in [9.17, 15) is 22.8 Å². The van der Waals surface area contributed by atoms with Crippen LogP contribution in [-0.2, 0) is 31.9 Å². The zero-order chi connectivity index (χ0) is 22.9. The molecule has 172 valence electrons. The van der Waals surface area contributed by atoms with Crippen LogP contribution in [0.2, 0.25) is 25.7 Å². The van der Waals surface area contributed by atoms with Crippen molar-refractivity contribution in [3.8, 4) is 0 Å². The van der Waals surface area contributed by atoms with Gasteiger partial charge in [0.2, 0.25) is 0 Å². The third-order valence-corrected chi connectivity index (χ3v) is 5.69. The van der Waals surface area contributed by atoms with E-state index in [0.29, 0.717) is 11.3 Å². The van der Waals surface area contributed by atoms with Crippen molar-refractivity contribution in [1.29, 1.82) is 0 Å². The number of carbonyl (C=O) groups excluding carboxylic acids is 1. The number of aromatic nitrogens is 2. The number of esters is 1. The minimum Gasteiger partial charge on any atom is -0.469 e. The van der Waals surface area contributed by atoms with Crippen LogP contribution in [0.1, 0.15) is 18.9 Å². The van der Waals surface area contributed by atoms with Gasteiger partial charge in [0.05, 0.1) is 38.6 Å². The maximum atomic E-state index is 13.5. The van der Waals surface area contributed by atoms with E-state index in [2.05, 4.69) is 34.8 Å². The average Bonchev–Trinajstić information content (AvgIpc) is 2.61. The van der Waals surface area contributed by atoms with Gasteiger partial charge in [0.15, 0.2) is 0 Å². The quantitative estimate of drug-likeness (QED) is 0.296. The van der Waals surface area contributed by atoms with E-state index in [4.69, 9.17) is 9.47 Å². The Hall–Kier alpha value is -1.92. The van der Waals surface area contributed by atoms with Crippen LogP contribution in [0.4, 0.5) is 18.9 Å². The molecule has 12 heteroatoms.